The second kappa shape index (κ2) is 6.73. The average Bonchev–Trinajstić information content (AvgIpc) is 2.00. The van der Waals surface area contributed by atoms with Crippen molar-refractivity contribution in [1.82, 2.24) is 0 Å². The van der Waals surface area contributed by atoms with Crippen molar-refractivity contribution in [3.63, 3.8) is 0 Å². The van der Waals surface area contributed by atoms with Crippen LogP contribution in [0.4, 0.5) is 0 Å². The predicted molar refractivity (Wildman–Crippen MR) is 31.2 cm³/mol. The maximum Gasteiger partial charge on any atom is 0.151 e. The maximum atomic E-state index is 9.76. The van der Waals surface area contributed by atoms with Crippen LogP contribution in [0.25, 0.3) is 0 Å². The van der Waals surface area contributed by atoms with Crippen LogP contribution in [0, 0.1) is 0 Å². The second-order valence-corrected chi connectivity index (χ2v) is 1.87. The first-order valence-electron chi connectivity index (χ1n) is 2.73. The fraction of sp³-hybridized carbons (Fsp3) is 0.800. The summed E-state index contributed by atoms with van der Waals surface area (Å²) in [5.74, 6) is 0. The van der Waals surface area contributed by atoms with Crippen molar-refractivity contribution in [2.45, 2.75) is 18.3 Å². The summed E-state index contributed by atoms with van der Waals surface area (Å²) >= 11 is 0. The van der Waals surface area contributed by atoms with Gasteiger partial charge in [-0.25, -0.2) is 0 Å². The Hall–Kier alpha value is 0.0425. The molecule has 5 nitrogen and oxygen atoms in total. The molecule has 0 amide bonds. The Labute approximate surface area is 74.4 Å². The quantitative estimate of drug-likeness (QED) is 0.371. The Bertz CT molecular complexity index is 109. The molecular weight excluding hydrogens is 192 g/mol. The first kappa shape index (κ1) is 13.6. The summed E-state index contributed by atoms with van der Waals surface area (Å²) in [4.78, 5) is 9.76. The number of rotatable bonds is 4. The first-order valence-corrected chi connectivity index (χ1v) is 2.73. The van der Waals surface area contributed by atoms with Crippen LogP contribution in [0.15, 0.2) is 0 Å². The molecule has 0 unspecified atom stereocenters. The largest absolute Gasteiger partial charge is 0.394 e. The van der Waals surface area contributed by atoms with Crippen LogP contribution in [0.5, 0.6) is 0 Å². The summed E-state index contributed by atoms with van der Waals surface area (Å²) in [6.07, 6.45) is -4.63. The molecule has 0 heterocycles. The number of aldehydes is 1. The van der Waals surface area contributed by atoms with Crippen LogP contribution in [-0.2, 0) is 22.2 Å². The number of aliphatic hydroxyl groups is 4. The fourth-order valence-electron chi connectivity index (χ4n) is 0.416. The molecular formula is C5H10CrO5. The van der Waals surface area contributed by atoms with E-state index in [4.69, 9.17) is 20.4 Å². The van der Waals surface area contributed by atoms with Gasteiger partial charge in [0.2, 0.25) is 0 Å². The van der Waals surface area contributed by atoms with E-state index in [-0.39, 0.29) is 23.6 Å². The molecule has 0 saturated heterocycles. The van der Waals surface area contributed by atoms with Gasteiger partial charge in [-0.05, 0) is 0 Å². The van der Waals surface area contributed by atoms with Crippen molar-refractivity contribution in [2.24, 2.45) is 0 Å². The van der Waals surface area contributed by atoms with Crippen molar-refractivity contribution in [2.75, 3.05) is 6.61 Å². The van der Waals surface area contributed by atoms with E-state index < -0.39 is 24.9 Å². The van der Waals surface area contributed by atoms with Crippen LogP contribution in [0.3, 0.4) is 0 Å². The van der Waals surface area contributed by atoms with E-state index in [1.807, 2.05) is 0 Å². The minimum Gasteiger partial charge on any atom is -0.394 e. The van der Waals surface area contributed by atoms with Crippen molar-refractivity contribution in [3.8, 4) is 0 Å². The molecule has 0 aliphatic heterocycles. The van der Waals surface area contributed by atoms with Crippen molar-refractivity contribution >= 4 is 6.29 Å². The van der Waals surface area contributed by atoms with E-state index in [9.17, 15) is 4.79 Å². The summed E-state index contributed by atoms with van der Waals surface area (Å²) < 4.78 is 0. The Morgan fingerprint density at radius 3 is 2.00 bits per heavy atom. The van der Waals surface area contributed by atoms with Crippen molar-refractivity contribution in [3.05, 3.63) is 0 Å². The zero-order valence-corrected chi connectivity index (χ0v) is 6.90. The number of aliphatic hydroxyl groups excluding tert-OH is 4. The molecule has 0 saturated carbocycles. The number of carbonyl (C=O) groups excluding carboxylic acids is 1. The molecule has 0 aromatic rings. The van der Waals surface area contributed by atoms with E-state index in [1.54, 1.807) is 0 Å². The summed E-state index contributed by atoms with van der Waals surface area (Å²) in [6.45, 7) is -0.688. The number of carbonyl (C=O) groups is 1. The minimum atomic E-state index is -1.64. The molecule has 0 aromatic carbocycles. The van der Waals surface area contributed by atoms with E-state index in [2.05, 4.69) is 0 Å². The molecule has 0 aromatic heterocycles. The van der Waals surface area contributed by atoms with Gasteiger partial charge in [0.05, 0.1) is 6.61 Å². The smallest absolute Gasteiger partial charge is 0.151 e. The normalized spacial score (nSPS) is 17.8. The first-order chi connectivity index (χ1) is 4.63. The second-order valence-electron chi connectivity index (χ2n) is 1.87. The summed E-state index contributed by atoms with van der Waals surface area (Å²) in [6, 6.07) is 0. The van der Waals surface area contributed by atoms with Crippen LogP contribution in [-0.4, -0.2) is 51.6 Å². The van der Waals surface area contributed by atoms with E-state index >= 15 is 0 Å². The fourth-order valence-corrected chi connectivity index (χ4v) is 0.416. The van der Waals surface area contributed by atoms with Crippen LogP contribution < -0.4 is 0 Å². The molecule has 6 heteroatoms. The third-order valence-corrected chi connectivity index (χ3v) is 1.07. The zero-order chi connectivity index (χ0) is 8.15. The standard InChI is InChI=1S/C5H10O5.Cr/c6-1-3(8)5(10)4(9)2-7;/h1,3-5,7-10H,2H2;/t3-,4-,5+;/m1./s1. The van der Waals surface area contributed by atoms with E-state index in [1.165, 1.54) is 0 Å². The van der Waals surface area contributed by atoms with Gasteiger partial charge in [0, 0.05) is 17.4 Å². The van der Waals surface area contributed by atoms with E-state index in [0.717, 1.165) is 0 Å². The Morgan fingerprint density at radius 2 is 1.73 bits per heavy atom. The molecule has 0 spiro atoms. The Morgan fingerprint density at radius 1 is 1.27 bits per heavy atom. The Kier molecular flexibility index (Phi) is 8.34. The monoisotopic (exact) mass is 202 g/mol. The summed E-state index contributed by atoms with van der Waals surface area (Å²) in [5, 5.41) is 34.1. The van der Waals surface area contributed by atoms with Gasteiger partial charge < -0.3 is 25.2 Å². The molecule has 11 heavy (non-hydrogen) atoms. The van der Waals surface area contributed by atoms with Crippen LogP contribution in [0.1, 0.15) is 0 Å². The van der Waals surface area contributed by atoms with Crippen LogP contribution in [0.2, 0.25) is 0 Å². The van der Waals surface area contributed by atoms with E-state index in [0.29, 0.717) is 0 Å². The van der Waals surface area contributed by atoms with Gasteiger partial charge in [-0.1, -0.05) is 0 Å². The van der Waals surface area contributed by atoms with Gasteiger partial charge in [0.1, 0.15) is 18.3 Å². The van der Waals surface area contributed by atoms with Gasteiger partial charge in [-0.2, -0.15) is 0 Å². The SMILES string of the molecule is O=C[C@@H](O)[C@H](O)[C@H](O)CO.[Cr]. The Balaban J connectivity index is 0. The minimum absolute atomic E-state index is 0. The van der Waals surface area contributed by atoms with Gasteiger partial charge >= 0.3 is 0 Å². The molecule has 0 fully saturated rings. The van der Waals surface area contributed by atoms with Crippen molar-refractivity contribution < 1.29 is 42.6 Å². The average molecular weight is 202 g/mol. The molecule has 0 aliphatic rings. The third-order valence-electron chi connectivity index (χ3n) is 1.07. The van der Waals surface area contributed by atoms with Gasteiger partial charge in [0.25, 0.3) is 0 Å². The molecule has 66 valence electrons. The number of hydrogen-bond acceptors (Lipinski definition) is 5. The number of hydrogen-bond donors (Lipinski definition) is 4. The van der Waals surface area contributed by atoms with Gasteiger partial charge in [0.15, 0.2) is 6.29 Å². The molecule has 3 atom stereocenters. The third kappa shape index (κ3) is 4.48. The van der Waals surface area contributed by atoms with Crippen molar-refractivity contribution in [1.29, 1.82) is 0 Å². The van der Waals surface area contributed by atoms with Gasteiger partial charge in [-0.15, -0.1) is 0 Å². The molecule has 0 aliphatic carbocycles. The zero-order valence-electron chi connectivity index (χ0n) is 5.62. The molecule has 0 radical (unpaired) electrons. The summed E-state index contributed by atoms with van der Waals surface area (Å²) in [7, 11) is 0. The maximum absolute atomic E-state index is 9.76. The topological polar surface area (TPSA) is 98.0 Å². The molecule has 4 N–H and O–H groups in total. The van der Waals surface area contributed by atoms with Gasteiger partial charge in [-0.3, -0.25) is 0 Å². The molecule has 0 bridgehead atoms. The van der Waals surface area contributed by atoms with Crippen LogP contribution >= 0.6 is 0 Å². The summed E-state index contributed by atoms with van der Waals surface area (Å²) in [5.41, 5.74) is 0. The predicted octanol–water partition coefficient (Wildman–Crippen LogP) is -2.74. The molecule has 0 rings (SSSR count).